The first kappa shape index (κ1) is 20.3. The quantitative estimate of drug-likeness (QED) is 0.736. The van der Waals surface area contributed by atoms with Crippen molar-refractivity contribution in [1.82, 2.24) is 4.31 Å². The van der Waals surface area contributed by atoms with E-state index in [1.807, 2.05) is 37.3 Å². The third-order valence-electron chi connectivity index (χ3n) is 4.99. The molecule has 0 N–H and O–H groups in total. The summed E-state index contributed by atoms with van der Waals surface area (Å²) in [5.74, 6) is 0.350. The Kier molecular flexibility index (Phi) is 6.01. The van der Waals surface area contributed by atoms with E-state index in [1.54, 1.807) is 38.3 Å². The van der Waals surface area contributed by atoms with E-state index in [0.29, 0.717) is 12.0 Å². The molecule has 2 aromatic carbocycles. The van der Waals surface area contributed by atoms with Gasteiger partial charge in [-0.25, -0.2) is 8.42 Å². The lowest BCUT2D eigenvalue weighted by Crippen LogP contribution is -2.35. The topological polar surface area (TPSA) is 63.7 Å². The van der Waals surface area contributed by atoms with Crippen molar-refractivity contribution in [1.29, 1.82) is 0 Å². The van der Waals surface area contributed by atoms with Gasteiger partial charge in [0.25, 0.3) is 0 Å². The molecule has 0 bridgehead atoms. The van der Waals surface area contributed by atoms with Gasteiger partial charge in [0.1, 0.15) is 5.75 Å². The number of nitrogens with zero attached hydrogens (tertiary/aromatic N) is 1. The molecule has 5 nitrogen and oxygen atoms in total. The van der Waals surface area contributed by atoms with Crippen molar-refractivity contribution < 1.29 is 17.9 Å². The van der Waals surface area contributed by atoms with Gasteiger partial charge in [0.05, 0.1) is 12.0 Å². The molecular formula is C22H25NO4S. The minimum atomic E-state index is -3.63. The third kappa shape index (κ3) is 4.34. The van der Waals surface area contributed by atoms with Gasteiger partial charge in [-0.1, -0.05) is 36.8 Å². The number of Topliss-reactive ketones (excluding diaryl/α,β-unsaturated/α-hetero) is 1. The van der Waals surface area contributed by atoms with E-state index in [0.717, 1.165) is 16.9 Å². The van der Waals surface area contributed by atoms with E-state index in [4.69, 9.17) is 4.74 Å². The lowest BCUT2D eigenvalue weighted by atomic mass is 9.97. The SMILES string of the molecule is COc1ccc(/C=C2\CCN(S(=O)(=O)c3ccc(C)cc3)C[C@@H](C)C2=O)cc1. The number of ketones is 1. The van der Waals surface area contributed by atoms with Gasteiger partial charge in [0.15, 0.2) is 5.78 Å². The van der Waals surface area contributed by atoms with Crippen molar-refractivity contribution in [2.75, 3.05) is 20.2 Å². The number of methoxy groups -OCH3 is 1. The standard InChI is InChI=1S/C22H25NO4S/c1-16-4-10-21(11-5-16)28(25,26)23-13-12-19(22(24)17(2)15-23)14-18-6-8-20(27-3)9-7-18/h4-11,14,17H,12-13,15H2,1-3H3/b19-14+/t17-/m1/s1. The fourth-order valence-electron chi connectivity index (χ4n) is 3.29. The summed E-state index contributed by atoms with van der Waals surface area (Å²) in [6, 6.07) is 14.3. The average molecular weight is 400 g/mol. The molecule has 0 aromatic heterocycles. The molecule has 3 rings (SSSR count). The molecule has 0 unspecified atom stereocenters. The molecular weight excluding hydrogens is 374 g/mol. The molecule has 1 saturated heterocycles. The zero-order valence-corrected chi connectivity index (χ0v) is 17.2. The molecule has 0 spiro atoms. The molecule has 28 heavy (non-hydrogen) atoms. The maximum Gasteiger partial charge on any atom is 0.243 e. The van der Waals surface area contributed by atoms with Crippen molar-refractivity contribution in [3.8, 4) is 5.75 Å². The Labute approximate surface area is 166 Å². The van der Waals surface area contributed by atoms with E-state index in [2.05, 4.69) is 0 Å². The molecule has 1 heterocycles. The van der Waals surface area contributed by atoms with Crippen LogP contribution >= 0.6 is 0 Å². The number of hydrogen-bond acceptors (Lipinski definition) is 4. The molecule has 1 fully saturated rings. The van der Waals surface area contributed by atoms with Gasteiger partial charge in [-0.2, -0.15) is 4.31 Å². The van der Waals surface area contributed by atoms with Crippen LogP contribution in [0.4, 0.5) is 0 Å². The van der Waals surface area contributed by atoms with E-state index in [1.165, 1.54) is 4.31 Å². The summed E-state index contributed by atoms with van der Waals surface area (Å²) < 4.78 is 32.6. The number of aryl methyl sites for hydroxylation is 1. The molecule has 0 radical (unpaired) electrons. The van der Waals surface area contributed by atoms with Gasteiger partial charge >= 0.3 is 0 Å². The first-order valence-corrected chi connectivity index (χ1v) is 10.7. The van der Waals surface area contributed by atoms with Crippen LogP contribution in [0.5, 0.6) is 5.75 Å². The van der Waals surface area contributed by atoms with Crippen LogP contribution in [0.15, 0.2) is 59.0 Å². The van der Waals surface area contributed by atoms with Gasteiger partial charge in [0, 0.05) is 19.0 Å². The lowest BCUT2D eigenvalue weighted by molar-refractivity contribution is -0.118. The number of carbonyl (C=O) groups is 1. The first-order chi connectivity index (χ1) is 13.3. The van der Waals surface area contributed by atoms with Crippen LogP contribution < -0.4 is 4.74 Å². The van der Waals surface area contributed by atoms with Crippen molar-refractivity contribution in [3.63, 3.8) is 0 Å². The van der Waals surface area contributed by atoms with Gasteiger partial charge in [-0.3, -0.25) is 4.79 Å². The van der Waals surface area contributed by atoms with Crippen LogP contribution in [0.1, 0.15) is 24.5 Å². The Bertz CT molecular complexity index is 976. The maximum absolute atomic E-state index is 13.0. The minimum absolute atomic E-state index is 0.00239. The predicted octanol–water partition coefficient (Wildman–Crippen LogP) is 3.69. The number of rotatable bonds is 4. The maximum atomic E-state index is 13.0. The molecule has 148 valence electrons. The summed E-state index contributed by atoms with van der Waals surface area (Å²) in [5, 5.41) is 0. The molecule has 6 heteroatoms. The normalized spacial score (nSPS) is 20.2. The fourth-order valence-corrected chi connectivity index (χ4v) is 4.82. The second kappa shape index (κ2) is 8.29. The highest BCUT2D eigenvalue weighted by Crippen LogP contribution is 2.26. The highest BCUT2D eigenvalue weighted by molar-refractivity contribution is 7.89. The minimum Gasteiger partial charge on any atom is -0.497 e. The molecule has 1 atom stereocenters. The highest BCUT2D eigenvalue weighted by atomic mass is 32.2. The molecule has 0 amide bonds. The zero-order chi connectivity index (χ0) is 20.3. The van der Waals surface area contributed by atoms with Crippen LogP contribution in [0.3, 0.4) is 0 Å². The van der Waals surface area contributed by atoms with Gasteiger partial charge < -0.3 is 4.74 Å². The van der Waals surface area contributed by atoms with E-state index < -0.39 is 15.9 Å². The van der Waals surface area contributed by atoms with Gasteiger partial charge in [-0.05, 0) is 54.8 Å². The molecule has 2 aromatic rings. The van der Waals surface area contributed by atoms with Crippen LogP contribution in [0, 0.1) is 12.8 Å². The number of ether oxygens (including phenoxy) is 1. The fraction of sp³-hybridized carbons (Fsp3) is 0.318. The predicted molar refractivity (Wildman–Crippen MR) is 110 cm³/mol. The van der Waals surface area contributed by atoms with Gasteiger partial charge in [-0.15, -0.1) is 0 Å². The summed E-state index contributed by atoms with van der Waals surface area (Å²) >= 11 is 0. The average Bonchev–Trinajstić information content (AvgIpc) is 2.83. The van der Waals surface area contributed by atoms with Crippen LogP contribution in [0.25, 0.3) is 6.08 Å². The first-order valence-electron chi connectivity index (χ1n) is 9.27. The van der Waals surface area contributed by atoms with Crippen LogP contribution in [-0.2, 0) is 14.8 Å². The second-order valence-electron chi connectivity index (χ2n) is 7.13. The van der Waals surface area contributed by atoms with Crippen LogP contribution in [0.2, 0.25) is 0 Å². The summed E-state index contributed by atoms with van der Waals surface area (Å²) in [6.07, 6.45) is 2.24. The van der Waals surface area contributed by atoms with E-state index >= 15 is 0 Å². The number of carbonyl (C=O) groups excluding carboxylic acids is 1. The molecule has 0 saturated carbocycles. The summed E-state index contributed by atoms with van der Waals surface area (Å²) in [6.45, 7) is 4.18. The highest BCUT2D eigenvalue weighted by Gasteiger charge is 2.32. The summed E-state index contributed by atoms with van der Waals surface area (Å²) in [5.41, 5.74) is 2.55. The van der Waals surface area contributed by atoms with E-state index in [-0.39, 0.29) is 23.8 Å². The molecule has 0 aliphatic carbocycles. The molecule has 1 aliphatic rings. The van der Waals surface area contributed by atoms with Gasteiger partial charge in [0.2, 0.25) is 10.0 Å². The van der Waals surface area contributed by atoms with Crippen LogP contribution in [-0.4, -0.2) is 38.7 Å². The number of sulfonamides is 1. The monoisotopic (exact) mass is 399 g/mol. The Balaban J connectivity index is 1.85. The molecule has 1 aliphatic heterocycles. The number of benzene rings is 2. The van der Waals surface area contributed by atoms with Crippen molar-refractivity contribution in [2.24, 2.45) is 5.92 Å². The summed E-state index contributed by atoms with van der Waals surface area (Å²) in [4.78, 5) is 13.1. The second-order valence-corrected chi connectivity index (χ2v) is 9.07. The summed E-state index contributed by atoms with van der Waals surface area (Å²) in [7, 11) is -2.02. The van der Waals surface area contributed by atoms with Crippen molar-refractivity contribution in [2.45, 2.75) is 25.2 Å². The number of hydrogen-bond donors (Lipinski definition) is 0. The Morgan fingerprint density at radius 3 is 2.32 bits per heavy atom. The lowest BCUT2D eigenvalue weighted by Gasteiger charge is -2.21. The zero-order valence-electron chi connectivity index (χ0n) is 16.4. The smallest absolute Gasteiger partial charge is 0.243 e. The largest absolute Gasteiger partial charge is 0.497 e. The Hall–Kier alpha value is -2.44. The third-order valence-corrected chi connectivity index (χ3v) is 6.87. The van der Waals surface area contributed by atoms with Crippen molar-refractivity contribution >= 4 is 21.9 Å². The Morgan fingerprint density at radius 1 is 1.07 bits per heavy atom. The van der Waals surface area contributed by atoms with Crippen molar-refractivity contribution in [3.05, 3.63) is 65.2 Å². The Morgan fingerprint density at radius 2 is 1.71 bits per heavy atom. The van der Waals surface area contributed by atoms with E-state index in [9.17, 15) is 13.2 Å².